The smallest absolute Gasteiger partial charge is 0.303 e. The maximum atomic E-state index is 10.3. The molecular formula is C11H20O4. The van der Waals surface area contributed by atoms with Gasteiger partial charge in [-0.2, -0.15) is 0 Å². The van der Waals surface area contributed by atoms with Crippen LogP contribution in [0.15, 0.2) is 0 Å². The van der Waals surface area contributed by atoms with Crippen LogP contribution in [-0.4, -0.2) is 30.1 Å². The number of aliphatic carboxylic acids is 1. The third kappa shape index (κ3) is 5.14. The highest BCUT2D eigenvalue weighted by atomic mass is 16.7. The van der Waals surface area contributed by atoms with Crippen molar-refractivity contribution in [3.05, 3.63) is 0 Å². The fourth-order valence-corrected chi connectivity index (χ4v) is 1.60. The Hall–Kier alpha value is -0.610. The van der Waals surface area contributed by atoms with Crippen molar-refractivity contribution < 1.29 is 19.4 Å². The molecule has 0 amide bonds. The molecule has 0 saturated carbocycles. The predicted octanol–water partition coefficient (Wildman–Crippen LogP) is 2.03. The summed E-state index contributed by atoms with van der Waals surface area (Å²) in [5.41, 5.74) is 0. The van der Waals surface area contributed by atoms with Crippen LogP contribution in [0.2, 0.25) is 0 Å². The van der Waals surface area contributed by atoms with Gasteiger partial charge in [0.25, 0.3) is 0 Å². The van der Waals surface area contributed by atoms with Crippen LogP contribution >= 0.6 is 0 Å². The summed E-state index contributed by atoms with van der Waals surface area (Å²) in [5.74, 6) is -0.739. The Labute approximate surface area is 90.6 Å². The van der Waals surface area contributed by atoms with Crippen LogP contribution in [0.4, 0.5) is 0 Å². The summed E-state index contributed by atoms with van der Waals surface area (Å²) in [6, 6.07) is 0. The second kappa shape index (κ2) is 5.47. The number of rotatable bonds is 5. The van der Waals surface area contributed by atoms with E-state index in [-0.39, 0.29) is 6.42 Å². The van der Waals surface area contributed by atoms with Crippen LogP contribution in [0.25, 0.3) is 0 Å². The van der Waals surface area contributed by atoms with Gasteiger partial charge >= 0.3 is 5.97 Å². The molecule has 0 spiro atoms. The van der Waals surface area contributed by atoms with E-state index in [0.717, 1.165) is 32.5 Å². The zero-order chi connectivity index (χ0) is 11.3. The molecule has 4 heteroatoms. The van der Waals surface area contributed by atoms with Gasteiger partial charge < -0.3 is 14.6 Å². The molecule has 4 nitrogen and oxygen atoms in total. The van der Waals surface area contributed by atoms with Crippen molar-refractivity contribution in [1.82, 2.24) is 0 Å². The molecule has 0 atom stereocenters. The molecule has 1 saturated heterocycles. The minimum atomic E-state index is -0.715. The molecule has 1 aliphatic heterocycles. The molecule has 1 N–H and O–H groups in total. The molecule has 15 heavy (non-hydrogen) atoms. The molecule has 88 valence electrons. The highest BCUT2D eigenvalue weighted by molar-refractivity contribution is 5.66. The highest BCUT2D eigenvalue weighted by Crippen LogP contribution is 2.23. The third-order valence-corrected chi connectivity index (χ3v) is 2.59. The Bertz CT molecular complexity index is 203. The normalized spacial score (nSPS) is 21.5. The van der Waals surface area contributed by atoms with Crippen molar-refractivity contribution >= 4 is 5.97 Å². The molecule has 0 unspecified atom stereocenters. The molecule has 1 aliphatic rings. The average molecular weight is 216 g/mol. The van der Waals surface area contributed by atoms with Gasteiger partial charge in [0, 0.05) is 12.3 Å². The van der Waals surface area contributed by atoms with E-state index in [2.05, 4.69) is 0 Å². The van der Waals surface area contributed by atoms with Crippen LogP contribution in [0.3, 0.4) is 0 Å². The topological polar surface area (TPSA) is 55.8 Å². The average Bonchev–Trinajstić information content (AvgIpc) is 2.14. The van der Waals surface area contributed by atoms with Crippen molar-refractivity contribution in [2.45, 2.75) is 45.3 Å². The molecule has 1 fully saturated rings. The summed E-state index contributed by atoms with van der Waals surface area (Å²) in [7, 11) is 0. The maximum absolute atomic E-state index is 10.3. The van der Waals surface area contributed by atoms with Gasteiger partial charge in [-0.3, -0.25) is 4.79 Å². The Balaban J connectivity index is 2.06. The fraction of sp³-hybridized carbons (Fsp3) is 0.909. The van der Waals surface area contributed by atoms with Crippen LogP contribution in [0.5, 0.6) is 0 Å². The van der Waals surface area contributed by atoms with Gasteiger partial charge in [-0.1, -0.05) is 6.42 Å². The summed E-state index contributed by atoms with van der Waals surface area (Å²) in [4.78, 5) is 10.3. The van der Waals surface area contributed by atoms with Crippen molar-refractivity contribution in [3.8, 4) is 0 Å². The van der Waals surface area contributed by atoms with Crippen molar-refractivity contribution in [2.24, 2.45) is 5.92 Å². The molecule has 0 aromatic heterocycles. The summed E-state index contributed by atoms with van der Waals surface area (Å²) in [6.07, 6.45) is 2.93. The Kier molecular flexibility index (Phi) is 4.54. The standard InChI is InChI=1S/C11H20O4/c1-11(2)14-7-9(8-15-11)5-3-4-6-10(12)13/h9H,3-8H2,1-2H3,(H,12,13). The van der Waals surface area contributed by atoms with Gasteiger partial charge in [-0.15, -0.1) is 0 Å². The number of carbonyl (C=O) groups is 1. The molecular weight excluding hydrogens is 196 g/mol. The number of ether oxygens (including phenoxy) is 2. The summed E-state index contributed by atoms with van der Waals surface area (Å²) < 4.78 is 11.0. The zero-order valence-corrected chi connectivity index (χ0v) is 9.49. The number of hydrogen-bond acceptors (Lipinski definition) is 3. The SMILES string of the molecule is CC1(C)OCC(CCCCC(=O)O)CO1. The molecule has 0 aliphatic carbocycles. The van der Waals surface area contributed by atoms with Gasteiger partial charge in [0.15, 0.2) is 5.79 Å². The predicted molar refractivity (Wildman–Crippen MR) is 55.6 cm³/mol. The van der Waals surface area contributed by atoms with Crippen LogP contribution in [0, 0.1) is 5.92 Å². The van der Waals surface area contributed by atoms with E-state index < -0.39 is 11.8 Å². The lowest BCUT2D eigenvalue weighted by Crippen LogP contribution is -2.39. The van der Waals surface area contributed by atoms with Crippen molar-refractivity contribution in [2.75, 3.05) is 13.2 Å². The molecule has 0 aromatic rings. The summed E-state index contributed by atoms with van der Waals surface area (Å²) >= 11 is 0. The van der Waals surface area contributed by atoms with Crippen molar-refractivity contribution in [3.63, 3.8) is 0 Å². The monoisotopic (exact) mass is 216 g/mol. The second-order valence-electron chi connectivity index (χ2n) is 4.53. The fourth-order valence-electron chi connectivity index (χ4n) is 1.60. The second-order valence-corrected chi connectivity index (χ2v) is 4.53. The summed E-state index contributed by atoms with van der Waals surface area (Å²) in [5, 5.41) is 8.47. The number of hydrogen-bond donors (Lipinski definition) is 1. The van der Waals surface area contributed by atoms with Gasteiger partial charge in [-0.05, 0) is 26.7 Å². The minimum absolute atomic E-state index is 0.264. The van der Waals surface area contributed by atoms with Gasteiger partial charge in [-0.25, -0.2) is 0 Å². The van der Waals surface area contributed by atoms with E-state index in [9.17, 15) is 4.79 Å². The number of carboxylic acids is 1. The van der Waals surface area contributed by atoms with E-state index in [4.69, 9.17) is 14.6 Å². The van der Waals surface area contributed by atoms with Gasteiger partial charge in [0.2, 0.25) is 0 Å². The Morgan fingerprint density at radius 1 is 1.33 bits per heavy atom. The van der Waals surface area contributed by atoms with Gasteiger partial charge in [0.05, 0.1) is 13.2 Å². The third-order valence-electron chi connectivity index (χ3n) is 2.59. The first-order valence-electron chi connectivity index (χ1n) is 5.49. The van der Waals surface area contributed by atoms with E-state index in [0.29, 0.717) is 5.92 Å². The molecule has 0 aromatic carbocycles. The Morgan fingerprint density at radius 3 is 2.47 bits per heavy atom. The zero-order valence-electron chi connectivity index (χ0n) is 9.49. The minimum Gasteiger partial charge on any atom is -0.481 e. The van der Waals surface area contributed by atoms with E-state index in [1.165, 1.54) is 0 Å². The van der Waals surface area contributed by atoms with E-state index >= 15 is 0 Å². The number of carboxylic acid groups (broad SMARTS) is 1. The van der Waals surface area contributed by atoms with Crippen LogP contribution < -0.4 is 0 Å². The molecule has 0 bridgehead atoms. The Morgan fingerprint density at radius 2 is 1.93 bits per heavy atom. The lowest BCUT2D eigenvalue weighted by Gasteiger charge is -2.35. The lowest BCUT2D eigenvalue weighted by atomic mass is 10.0. The van der Waals surface area contributed by atoms with E-state index in [1.807, 2.05) is 13.8 Å². The molecule has 0 radical (unpaired) electrons. The first-order chi connectivity index (χ1) is 6.99. The molecule has 1 heterocycles. The van der Waals surface area contributed by atoms with Crippen LogP contribution in [-0.2, 0) is 14.3 Å². The first kappa shape index (κ1) is 12.5. The van der Waals surface area contributed by atoms with Crippen LogP contribution in [0.1, 0.15) is 39.5 Å². The summed E-state index contributed by atoms with van der Waals surface area (Å²) in [6.45, 7) is 5.27. The van der Waals surface area contributed by atoms with Crippen molar-refractivity contribution in [1.29, 1.82) is 0 Å². The molecule has 1 rings (SSSR count). The number of unbranched alkanes of at least 4 members (excludes halogenated alkanes) is 1. The largest absolute Gasteiger partial charge is 0.481 e. The lowest BCUT2D eigenvalue weighted by molar-refractivity contribution is -0.262. The maximum Gasteiger partial charge on any atom is 0.303 e. The van der Waals surface area contributed by atoms with Gasteiger partial charge in [0.1, 0.15) is 0 Å². The highest BCUT2D eigenvalue weighted by Gasteiger charge is 2.27. The van der Waals surface area contributed by atoms with E-state index in [1.54, 1.807) is 0 Å². The first-order valence-corrected chi connectivity index (χ1v) is 5.49. The quantitative estimate of drug-likeness (QED) is 0.714.